The first-order chi connectivity index (χ1) is 15.1. The summed E-state index contributed by atoms with van der Waals surface area (Å²) in [5.74, 6) is 0. The Hall–Kier alpha value is -3.79. The number of nitrogens with zero attached hydrogens (tertiary/aromatic N) is 2. The molecule has 0 fully saturated rings. The Bertz CT molecular complexity index is 1240. The van der Waals surface area contributed by atoms with E-state index < -0.39 is 0 Å². The third-order valence-electron chi connectivity index (χ3n) is 5.97. The van der Waals surface area contributed by atoms with E-state index in [1.54, 1.807) is 0 Å². The highest BCUT2D eigenvalue weighted by molar-refractivity contribution is 5.91. The van der Waals surface area contributed by atoms with Gasteiger partial charge in [-0.05, 0) is 60.4 Å². The van der Waals surface area contributed by atoms with Crippen molar-refractivity contribution in [3.05, 3.63) is 119 Å². The number of anilines is 1. The fourth-order valence-electron chi connectivity index (χ4n) is 4.38. The Morgan fingerprint density at radius 3 is 2.52 bits per heavy atom. The van der Waals surface area contributed by atoms with Crippen LogP contribution in [0.1, 0.15) is 34.0 Å². The number of aromatic nitrogens is 1. The van der Waals surface area contributed by atoms with Crippen molar-refractivity contribution >= 4 is 11.7 Å². The number of hydrogen-bond donors (Lipinski definition) is 1. The number of carbonyl (C=O) groups excluding carboxylic acids is 1. The van der Waals surface area contributed by atoms with E-state index in [2.05, 4.69) is 52.5 Å². The van der Waals surface area contributed by atoms with E-state index in [1.807, 2.05) is 67.3 Å². The van der Waals surface area contributed by atoms with Crippen molar-refractivity contribution in [3.8, 4) is 5.69 Å². The maximum atomic E-state index is 13.7. The molecule has 0 saturated heterocycles. The van der Waals surface area contributed by atoms with Gasteiger partial charge in [0.15, 0.2) is 0 Å². The fourth-order valence-corrected chi connectivity index (χ4v) is 4.38. The lowest BCUT2D eigenvalue weighted by molar-refractivity contribution is 0.194. The zero-order valence-corrected chi connectivity index (χ0v) is 17.7. The Labute approximate surface area is 182 Å². The van der Waals surface area contributed by atoms with E-state index in [4.69, 9.17) is 0 Å². The molecule has 3 aromatic carbocycles. The van der Waals surface area contributed by atoms with Gasteiger partial charge in [-0.2, -0.15) is 0 Å². The molecular formula is C27H25N3O. The van der Waals surface area contributed by atoms with Crippen LogP contribution in [0.2, 0.25) is 0 Å². The molecule has 0 bridgehead atoms. The monoisotopic (exact) mass is 407 g/mol. The summed E-state index contributed by atoms with van der Waals surface area (Å²) in [5, 5.41) is 3.18. The first-order valence-electron chi connectivity index (χ1n) is 10.6. The number of hydrogen-bond acceptors (Lipinski definition) is 1. The summed E-state index contributed by atoms with van der Waals surface area (Å²) < 4.78 is 2.21. The average Bonchev–Trinajstić information content (AvgIpc) is 3.21. The second-order valence-corrected chi connectivity index (χ2v) is 8.12. The van der Waals surface area contributed by atoms with E-state index in [9.17, 15) is 4.79 Å². The van der Waals surface area contributed by atoms with Crippen molar-refractivity contribution in [1.29, 1.82) is 0 Å². The van der Waals surface area contributed by atoms with Crippen LogP contribution < -0.4 is 5.32 Å². The highest BCUT2D eigenvalue weighted by atomic mass is 16.2. The molecule has 0 spiro atoms. The minimum absolute atomic E-state index is 0.105. The van der Waals surface area contributed by atoms with Gasteiger partial charge in [0, 0.05) is 17.6 Å². The first kappa shape index (κ1) is 19.2. The van der Waals surface area contributed by atoms with Crippen molar-refractivity contribution in [2.75, 3.05) is 5.32 Å². The van der Waals surface area contributed by atoms with E-state index >= 15 is 0 Å². The van der Waals surface area contributed by atoms with Crippen molar-refractivity contribution in [2.24, 2.45) is 0 Å². The van der Waals surface area contributed by atoms with Gasteiger partial charge < -0.3 is 14.8 Å². The number of urea groups is 1. The number of amides is 2. The van der Waals surface area contributed by atoms with Gasteiger partial charge in [-0.3, -0.25) is 0 Å². The molecule has 1 atom stereocenters. The van der Waals surface area contributed by atoms with Crippen molar-refractivity contribution < 1.29 is 4.79 Å². The number of benzene rings is 3. The summed E-state index contributed by atoms with van der Waals surface area (Å²) in [4.78, 5) is 15.7. The topological polar surface area (TPSA) is 37.3 Å². The Morgan fingerprint density at radius 2 is 1.68 bits per heavy atom. The van der Waals surface area contributed by atoms with E-state index in [0.717, 1.165) is 39.3 Å². The number of para-hydroxylation sites is 1. The summed E-state index contributed by atoms with van der Waals surface area (Å²) >= 11 is 0. The molecule has 0 aliphatic carbocycles. The molecule has 2 heterocycles. The molecule has 4 nitrogen and oxygen atoms in total. The maximum absolute atomic E-state index is 13.7. The Morgan fingerprint density at radius 1 is 0.903 bits per heavy atom. The molecule has 4 heteroatoms. The lowest BCUT2D eigenvalue weighted by Gasteiger charge is -2.31. The van der Waals surface area contributed by atoms with Crippen LogP contribution in [0.4, 0.5) is 10.5 Å². The van der Waals surface area contributed by atoms with E-state index in [1.165, 1.54) is 0 Å². The summed E-state index contributed by atoms with van der Waals surface area (Å²) in [7, 11) is 0. The van der Waals surface area contributed by atoms with Gasteiger partial charge in [0.1, 0.15) is 0 Å². The molecule has 0 radical (unpaired) electrons. The molecule has 31 heavy (non-hydrogen) atoms. The summed E-state index contributed by atoms with van der Waals surface area (Å²) in [6, 6.07) is 28.5. The second kappa shape index (κ2) is 7.80. The summed E-state index contributed by atoms with van der Waals surface area (Å²) in [5.41, 5.74) is 7.42. The Kier molecular flexibility index (Phi) is 4.83. The minimum Gasteiger partial charge on any atom is -0.318 e. The lowest BCUT2D eigenvalue weighted by atomic mass is 10.0. The molecule has 1 aliphatic rings. The average molecular weight is 408 g/mol. The molecule has 1 aromatic heterocycles. The summed E-state index contributed by atoms with van der Waals surface area (Å²) in [6.07, 6.45) is 2.08. The predicted octanol–water partition coefficient (Wildman–Crippen LogP) is 6.23. The van der Waals surface area contributed by atoms with Crippen LogP contribution in [-0.2, 0) is 6.54 Å². The maximum Gasteiger partial charge on any atom is 0.322 e. The van der Waals surface area contributed by atoms with Crippen LogP contribution in [0, 0.1) is 13.8 Å². The molecule has 1 N–H and O–H groups in total. The lowest BCUT2D eigenvalue weighted by Crippen LogP contribution is -2.38. The molecule has 2 amide bonds. The second-order valence-electron chi connectivity index (χ2n) is 8.12. The quantitative estimate of drug-likeness (QED) is 0.420. The zero-order valence-electron chi connectivity index (χ0n) is 17.7. The number of carbonyl (C=O) groups is 1. The van der Waals surface area contributed by atoms with Gasteiger partial charge in [0.05, 0.1) is 18.3 Å². The number of fused-ring (bicyclic) bond motifs is 3. The van der Waals surface area contributed by atoms with E-state index in [-0.39, 0.29) is 12.1 Å². The third-order valence-corrected chi connectivity index (χ3v) is 5.97. The highest BCUT2D eigenvalue weighted by Crippen LogP contribution is 2.37. The predicted molar refractivity (Wildman–Crippen MR) is 125 cm³/mol. The first-order valence-corrected chi connectivity index (χ1v) is 10.6. The van der Waals surface area contributed by atoms with Gasteiger partial charge in [-0.25, -0.2) is 4.79 Å². The third kappa shape index (κ3) is 3.50. The van der Waals surface area contributed by atoms with Crippen LogP contribution in [-0.4, -0.2) is 15.5 Å². The molecular weight excluding hydrogens is 382 g/mol. The molecule has 4 aromatic rings. The Balaban J connectivity index is 1.63. The number of rotatable bonds is 2. The van der Waals surface area contributed by atoms with Gasteiger partial charge in [-0.15, -0.1) is 0 Å². The molecule has 0 saturated carbocycles. The highest BCUT2D eigenvalue weighted by Gasteiger charge is 2.33. The molecule has 1 unspecified atom stereocenters. The van der Waals surface area contributed by atoms with Gasteiger partial charge in [0.2, 0.25) is 0 Å². The van der Waals surface area contributed by atoms with Gasteiger partial charge >= 0.3 is 6.03 Å². The molecule has 5 rings (SSSR count). The van der Waals surface area contributed by atoms with Crippen molar-refractivity contribution in [2.45, 2.75) is 26.4 Å². The summed E-state index contributed by atoms with van der Waals surface area (Å²) in [6.45, 7) is 4.58. The van der Waals surface area contributed by atoms with Crippen LogP contribution in [0.15, 0.2) is 91.1 Å². The van der Waals surface area contributed by atoms with Crippen molar-refractivity contribution in [3.63, 3.8) is 0 Å². The zero-order chi connectivity index (χ0) is 21.4. The molecule has 1 aliphatic heterocycles. The number of aryl methyl sites for hydroxylation is 2. The van der Waals surface area contributed by atoms with Crippen LogP contribution >= 0.6 is 0 Å². The largest absolute Gasteiger partial charge is 0.322 e. The van der Waals surface area contributed by atoms with Crippen LogP contribution in [0.3, 0.4) is 0 Å². The minimum atomic E-state index is -0.200. The standard InChI is InChI=1S/C27H25N3O/c1-19-14-15-20(2)23(17-19)28-27(31)30-18-22-11-6-7-12-24(22)29-16-8-13-25(29)26(30)21-9-4-3-5-10-21/h3-17,26H,18H2,1-2H3,(H,28,31). The number of nitrogens with one attached hydrogen (secondary N) is 1. The van der Waals surface area contributed by atoms with E-state index in [0.29, 0.717) is 6.54 Å². The SMILES string of the molecule is Cc1ccc(C)c(NC(=O)N2Cc3ccccc3-n3cccc3C2c2ccccc2)c1. The smallest absolute Gasteiger partial charge is 0.318 e. The van der Waals surface area contributed by atoms with Gasteiger partial charge in [0.25, 0.3) is 0 Å². The van der Waals surface area contributed by atoms with Crippen molar-refractivity contribution in [1.82, 2.24) is 9.47 Å². The molecule has 154 valence electrons. The van der Waals surface area contributed by atoms with Crippen LogP contribution in [0.25, 0.3) is 5.69 Å². The fraction of sp³-hybridized carbons (Fsp3) is 0.148. The van der Waals surface area contributed by atoms with Gasteiger partial charge in [-0.1, -0.05) is 60.7 Å². The normalized spacial score (nSPS) is 15.0. The van der Waals surface area contributed by atoms with Crippen LogP contribution in [0.5, 0.6) is 0 Å².